The first-order valence-electron chi connectivity index (χ1n) is 12.9. The normalized spacial score (nSPS) is 17.7. The fourth-order valence-corrected chi connectivity index (χ4v) is 5.73. The van der Waals surface area contributed by atoms with E-state index < -0.39 is 0 Å². The molecule has 2 aliphatic heterocycles. The van der Waals surface area contributed by atoms with E-state index >= 15 is 0 Å². The van der Waals surface area contributed by atoms with Gasteiger partial charge < -0.3 is 19.5 Å². The summed E-state index contributed by atoms with van der Waals surface area (Å²) in [7, 11) is 0. The van der Waals surface area contributed by atoms with Crippen molar-refractivity contribution in [1.29, 1.82) is 0 Å². The maximum atomic E-state index is 13.7. The number of H-pyrrole nitrogens is 1. The van der Waals surface area contributed by atoms with Crippen LogP contribution in [0, 0.1) is 13.8 Å². The Morgan fingerprint density at radius 3 is 2.78 bits per heavy atom. The molecule has 2 aliphatic rings. The zero-order valence-electron chi connectivity index (χ0n) is 21.0. The number of carbonyl (C=O) groups excluding carboxylic acids is 1. The lowest BCUT2D eigenvalue weighted by Crippen LogP contribution is -2.46. The smallest absolute Gasteiger partial charge is 0.320 e. The first-order chi connectivity index (χ1) is 17.5. The molecule has 3 aromatic carbocycles. The van der Waals surface area contributed by atoms with Gasteiger partial charge in [-0.1, -0.05) is 36.4 Å². The fourth-order valence-electron chi connectivity index (χ4n) is 5.73. The van der Waals surface area contributed by atoms with Crippen molar-refractivity contribution < 1.29 is 9.53 Å². The van der Waals surface area contributed by atoms with Gasteiger partial charge in [-0.15, -0.1) is 0 Å². The lowest BCUT2D eigenvalue weighted by Gasteiger charge is -2.31. The van der Waals surface area contributed by atoms with E-state index in [-0.39, 0.29) is 12.1 Å². The van der Waals surface area contributed by atoms with E-state index in [2.05, 4.69) is 76.4 Å². The third-order valence-corrected chi connectivity index (χ3v) is 7.46. The van der Waals surface area contributed by atoms with Crippen LogP contribution in [0.15, 0.2) is 60.7 Å². The quantitative estimate of drug-likeness (QED) is 0.399. The molecule has 0 radical (unpaired) electrons. The molecule has 1 atom stereocenters. The molecule has 1 fully saturated rings. The van der Waals surface area contributed by atoms with Crippen molar-refractivity contribution in [2.45, 2.75) is 45.7 Å². The second-order valence-electron chi connectivity index (χ2n) is 10.1. The van der Waals surface area contributed by atoms with Crippen LogP contribution in [-0.4, -0.2) is 51.5 Å². The minimum absolute atomic E-state index is 0.127. The van der Waals surface area contributed by atoms with Crippen molar-refractivity contribution in [3.05, 3.63) is 83.2 Å². The Morgan fingerprint density at radius 1 is 1.06 bits per heavy atom. The van der Waals surface area contributed by atoms with Crippen LogP contribution in [0.25, 0.3) is 22.2 Å². The van der Waals surface area contributed by atoms with Gasteiger partial charge >= 0.3 is 6.03 Å². The molecule has 1 unspecified atom stereocenters. The molecule has 0 spiro atoms. The number of aromatic nitrogens is 2. The van der Waals surface area contributed by atoms with Gasteiger partial charge in [0.25, 0.3) is 0 Å². The van der Waals surface area contributed by atoms with E-state index in [1.807, 2.05) is 17.9 Å². The summed E-state index contributed by atoms with van der Waals surface area (Å²) in [5.74, 6) is 1.82. The van der Waals surface area contributed by atoms with E-state index in [9.17, 15) is 4.79 Å². The Hall–Kier alpha value is -3.80. The first kappa shape index (κ1) is 22.7. The Bertz CT molecular complexity index is 1410. The molecule has 1 saturated heterocycles. The highest BCUT2D eigenvalue weighted by atomic mass is 16.5. The van der Waals surface area contributed by atoms with Crippen LogP contribution in [0.1, 0.15) is 35.4 Å². The van der Waals surface area contributed by atoms with Crippen molar-refractivity contribution in [3.63, 3.8) is 0 Å². The van der Waals surface area contributed by atoms with Crippen LogP contribution in [0.5, 0.6) is 5.75 Å². The first-order valence-corrected chi connectivity index (χ1v) is 12.9. The molecule has 1 aromatic heterocycles. The number of carbonyl (C=O) groups is 1. The summed E-state index contributed by atoms with van der Waals surface area (Å²) in [6, 6.07) is 21.6. The molecule has 4 aromatic rings. The van der Waals surface area contributed by atoms with Crippen molar-refractivity contribution in [2.24, 2.45) is 0 Å². The summed E-state index contributed by atoms with van der Waals surface area (Å²) in [4.78, 5) is 25.7. The number of likely N-dealkylation sites (tertiary alicyclic amines) is 1. The highest BCUT2D eigenvalue weighted by Gasteiger charge is 2.33. The standard InChI is InChI=1S/C30H32N4O2/c1-20-15-24(23-10-11-27-28(18-23)32-21(2)31-27)17-25-19-33(13-14-36-29(20)25)30(35)34-12-6-9-26(34)16-22-7-4-3-5-8-22/h3-5,7-8,10-11,15,17-18,26H,6,9,12-14,16,19H2,1-2H3,(H,31,32). The summed E-state index contributed by atoms with van der Waals surface area (Å²) < 4.78 is 6.18. The Labute approximate surface area is 211 Å². The Morgan fingerprint density at radius 2 is 1.92 bits per heavy atom. The second-order valence-corrected chi connectivity index (χ2v) is 10.1. The topological polar surface area (TPSA) is 61.5 Å². The number of amides is 2. The molecule has 0 saturated carbocycles. The van der Waals surface area contributed by atoms with Gasteiger partial charge in [-0.3, -0.25) is 0 Å². The van der Waals surface area contributed by atoms with Gasteiger partial charge in [0.05, 0.1) is 24.1 Å². The van der Waals surface area contributed by atoms with Crippen LogP contribution in [0.2, 0.25) is 0 Å². The van der Waals surface area contributed by atoms with E-state index in [1.54, 1.807) is 0 Å². The number of nitrogens with zero attached hydrogens (tertiary/aromatic N) is 3. The molecule has 36 heavy (non-hydrogen) atoms. The van der Waals surface area contributed by atoms with Gasteiger partial charge in [-0.05, 0) is 79.6 Å². The van der Waals surface area contributed by atoms with Crippen molar-refractivity contribution >= 4 is 17.1 Å². The number of urea groups is 1. The van der Waals surface area contributed by atoms with E-state index in [0.717, 1.165) is 70.7 Å². The number of benzene rings is 3. The summed E-state index contributed by atoms with van der Waals surface area (Å²) >= 11 is 0. The van der Waals surface area contributed by atoms with Gasteiger partial charge in [0.1, 0.15) is 18.2 Å². The van der Waals surface area contributed by atoms with Gasteiger partial charge in [-0.2, -0.15) is 0 Å². The Kier molecular flexibility index (Phi) is 5.88. The van der Waals surface area contributed by atoms with E-state index in [1.165, 1.54) is 5.56 Å². The Balaban J connectivity index is 1.26. The molecule has 2 amide bonds. The largest absolute Gasteiger partial charge is 0.491 e. The van der Waals surface area contributed by atoms with Crippen LogP contribution in [-0.2, 0) is 13.0 Å². The molecule has 0 bridgehead atoms. The third-order valence-electron chi connectivity index (χ3n) is 7.46. The monoisotopic (exact) mass is 480 g/mol. The van der Waals surface area contributed by atoms with Crippen molar-refractivity contribution in [1.82, 2.24) is 19.8 Å². The molecule has 0 aliphatic carbocycles. The summed E-state index contributed by atoms with van der Waals surface area (Å²) in [6.45, 7) is 6.55. The number of nitrogens with one attached hydrogen (secondary N) is 1. The number of ether oxygens (including phenoxy) is 1. The van der Waals surface area contributed by atoms with E-state index in [0.29, 0.717) is 19.7 Å². The average molecular weight is 481 g/mol. The molecule has 6 heteroatoms. The molecule has 6 nitrogen and oxygen atoms in total. The minimum atomic E-state index is 0.127. The van der Waals surface area contributed by atoms with Crippen molar-refractivity contribution in [3.8, 4) is 16.9 Å². The number of rotatable bonds is 3. The lowest BCUT2D eigenvalue weighted by atomic mass is 9.98. The number of fused-ring (bicyclic) bond motifs is 2. The van der Waals surface area contributed by atoms with E-state index in [4.69, 9.17) is 4.74 Å². The lowest BCUT2D eigenvalue weighted by molar-refractivity contribution is 0.141. The maximum Gasteiger partial charge on any atom is 0.320 e. The SMILES string of the molecule is Cc1nc2ccc(-c3cc(C)c4c(c3)CN(C(=O)N3CCCC3Cc3ccccc3)CCO4)cc2[nH]1. The van der Waals surface area contributed by atoms with Crippen LogP contribution >= 0.6 is 0 Å². The predicted octanol–water partition coefficient (Wildman–Crippen LogP) is 5.87. The molecule has 3 heterocycles. The second kappa shape index (κ2) is 9.34. The average Bonchev–Trinajstić information content (AvgIpc) is 3.42. The number of aryl methyl sites for hydroxylation is 2. The number of imidazole rings is 1. The van der Waals surface area contributed by atoms with Crippen LogP contribution in [0.4, 0.5) is 4.79 Å². The summed E-state index contributed by atoms with van der Waals surface area (Å²) in [5.41, 5.74) is 7.71. The van der Waals surface area contributed by atoms with Gasteiger partial charge in [0.2, 0.25) is 0 Å². The highest BCUT2D eigenvalue weighted by Crippen LogP contribution is 2.34. The van der Waals surface area contributed by atoms with Crippen molar-refractivity contribution in [2.75, 3.05) is 19.7 Å². The molecule has 6 rings (SSSR count). The highest BCUT2D eigenvalue weighted by molar-refractivity contribution is 5.82. The predicted molar refractivity (Wildman–Crippen MR) is 142 cm³/mol. The number of hydrogen-bond donors (Lipinski definition) is 1. The van der Waals surface area contributed by atoms with Crippen LogP contribution in [0.3, 0.4) is 0 Å². The molecular weight excluding hydrogens is 448 g/mol. The fraction of sp³-hybridized carbons (Fsp3) is 0.333. The summed E-state index contributed by atoms with van der Waals surface area (Å²) in [5, 5.41) is 0. The third kappa shape index (κ3) is 4.32. The zero-order chi connectivity index (χ0) is 24.6. The number of aromatic amines is 1. The maximum absolute atomic E-state index is 13.7. The molecule has 184 valence electrons. The van der Waals surface area contributed by atoms with Gasteiger partial charge in [0.15, 0.2) is 0 Å². The minimum Gasteiger partial charge on any atom is -0.491 e. The summed E-state index contributed by atoms with van der Waals surface area (Å²) in [6.07, 6.45) is 3.02. The number of hydrogen-bond acceptors (Lipinski definition) is 3. The molecular formula is C30H32N4O2. The zero-order valence-corrected chi connectivity index (χ0v) is 21.0. The van der Waals surface area contributed by atoms with Gasteiger partial charge in [0, 0.05) is 18.2 Å². The van der Waals surface area contributed by atoms with Crippen LogP contribution < -0.4 is 4.74 Å². The van der Waals surface area contributed by atoms with Gasteiger partial charge in [-0.25, -0.2) is 9.78 Å². The molecule has 1 N–H and O–H groups in total.